The fraction of sp³-hybridized carbons (Fsp3) is 0.308. The Bertz CT molecular complexity index is 443. The molecule has 0 aromatic heterocycles. The molecule has 1 rings (SSSR count). The van der Waals surface area contributed by atoms with Crippen LogP contribution in [0, 0.1) is 6.92 Å². The molecule has 0 spiro atoms. The first-order valence-corrected chi connectivity index (χ1v) is 5.42. The van der Waals surface area contributed by atoms with E-state index < -0.39 is 0 Å². The van der Waals surface area contributed by atoms with Gasteiger partial charge in [-0.2, -0.15) is 0 Å². The van der Waals surface area contributed by atoms with Crippen LogP contribution in [-0.2, 0) is 4.74 Å². The third kappa shape index (κ3) is 2.86. The Labute approximate surface area is 101 Å². The van der Waals surface area contributed by atoms with E-state index in [-0.39, 0.29) is 5.97 Å². The summed E-state index contributed by atoms with van der Waals surface area (Å²) in [7, 11) is 0. The van der Waals surface area contributed by atoms with Gasteiger partial charge in [0.15, 0.2) is 0 Å². The predicted molar refractivity (Wildman–Crippen MR) is 65.7 cm³/mol. The quantitative estimate of drug-likeness (QED) is 0.572. The SMILES string of the molecule is CC(C)=C(C)OC(=O)c1cccc(Cl)c1C. The lowest BCUT2D eigenvalue weighted by molar-refractivity contribution is 0.0621. The monoisotopic (exact) mass is 238 g/mol. The highest BCUT2D eigenvalue weighted by atomic mass is 35.5. The predicted octanol–water partition coefficient (Wildman–Crippen LogP) is 4.12. The molecule has 0 saturated carbocycles. The average molecular weight is 239 g/mol. The summed E-state index contributed by atoms with van der Waals surface area (Å²) in [6, 6.07) is 5.20. The van der Waals surface area contributed by atoms with Crippen molar-refractivity contribution in [3.63, 3.8) is 0 Å². The van der Waals surface area contributed by atoms with Crippen LogP contribution < -0.4 is 0 Å². The van der Waals surface area contributed by atoms with Gasteiger partial charge in [-0.1, -0.05) is 17.7 Å². The van der Waals surface area contributed by atoms with E-state index in [1.807, 2.05) is 13.8 Å². The summed E-state index contributed by atoms with van der Waals surface area (Å²) in [5.74, 6) is 0.267. The lowest BCUT2D eigenvalue weighted by Crippen LogP contribution is -2.06. The van der Waals surface area contributed by atoms with Gasteiger partial charge in [0, 0.05) is 5.02 Å². The molecule has 0 unspecified atom stereocenters. The van der Waals surface area contributed by atoms with Gasteiger partial charge in [0.25, 0.3) is 0 Å². The zero-order valence-electron chi connectivity index (χ0n) is 9.93. The Morgan fingerprint density at radius 3 is 2.44 bits per heavy atom. The van der Waals surface area contributed by atoms with Crippen molar-refractivity contribution in [1.82, 2.24) is 0 Å². The molecular weight excluding hydrogens is 224 g/mol. The third-order valence-corrected chi connectivity index (χ3v) is 2.85. The standard InChI is InChI=1S/C13H15ClO2/c1-8(2)10(4)16-13(15)11-6-5-7-12(14)9(11)3/h5-7H,1-4H3. The maximum Gasteiger partial charge on any atom is 0.343 e. The first kappa shape index (κ1) is 12.8. The van der Waals surface area contributed by atoms with Gasteiger partial charge < -0.3 is 4.74 Å². The topological polar surface area (TPSA) is 26.3 Å². The fourth-order valence-corrected chi connectivity index (χ4v) is 1.30. The Morgan fingerprint density at radius 1 is 1.25 bits per heavy atom. The minimum absolute atomic E-state index is 0.362. The summed E-state index contributed by atoms with van der Waals surface area (Å²) in [5, 5.41) is 0.573. The number of hydrogen-bond donors (Lipinski definition) is 0. The molecular formula is C13H15ClO2. The summed E-state index contributed by atoms with van der Waals surface area (Å²) in [5.41, 5.74) is 2.23. The second kappa shape index (κ2) is 5.17. The smallest absolute Gasteiger partial charge is 0.343 e. The summed E-state index contributed by atoms with van der Waals surface area (Å²) < 4.78 is 5.22. The number of allylic oxidation sites excluding steroid dienone is 2. The van der Waals surface area contributed by atoms with Gasteiger partial charge in [0.2, 0.25) is 0 Å². The minimum Gasteiger partial charge on any atom is -0.428 e. The molecule has 0 aliphatic heterocycles. The van der Waals surface area contributed by atoms with Gasteiger partial charge in [-0.05, 0) is 51.0 Å². The van der Waals surface area contributed by atoms with Gasteiger partial charge >= 0.3 is 5.97 Å². The number of esters is 1. The van der Waals surface area contributed by atoms with E-state index in [0.29, 0.717) is 16.3 Å². The Morgan fingerprint density at radius 2 is 1.88 bits per heavy atom. The summed E-state index contributed by atoms with van der Waals surface area (Å²) >= 11 is 5.94. The number of ether oxygens (including phenoxy) is 1. The summed E-state index contributed by atoms with van der Waals surface area (Å²) in [6.45, 7) is 7.37. The van der Waals surface area contributed by atoms with E-state index in [4.69, 9.17) is 16.3 Å². The molecule has 1 aromatic rings. The van der Waals surface area contributed by atoms with Crippen LogP contribution >= 0.6 is 11.6 Å². The largest absolute Gasteiger partial charge is 0.428 e. The molecule has 0 amide bonds. The summed E-state index contributed by atoms with van der Waals surface area (Å²) in [4.78, 5) is 11.8. The van der Waals surface area contributed by atoms with Crippen LogP contribution in [0.3, 0.4) is 0 Å². The molecule has 0 aliphatic carbocycles. The van der Waals surface area contributed by atoms with Crippen LogP contribution in [-0.4, -0.2) is 5.97 Å². The highest BCUT2D eigenvalue weighted by Crippen LogP contribution is 2.20. The van der Waals surface area contributed by atoms with Gasteiger partial charge in [0.1, 0.15) is 5.76 Å². The van der Waals surface area contributed by atoms with E-state index in [1.165, 1.54) is 0 Å². The van der Waals surface area contributed by atoms with Crippen molar-refractivity contribution in [2.75, 3.05) is 0 Å². The van der Waals surface area contributed by atoms with Crippen LogP contribution in [0.5, 0.6) is 0 Å². The van der Waals surface area contributed by atoms with Gasteiger partial charge in [0.05, 0.1) is 5.56 Å². The van der Waals surface area contributed by atoms with E-state index in [9.17, 15) is 4.79 Å². The number of carbonyl (C=O) groups excluding carboxylic acids is 1. The van der Waals surface area contributed by atoms with Crippen LogP contribution in [0.15, 0.2) is 29.5 Å². The zero-order valence-corrected chi connectivity index (χ0v) is 10.7. The van der Waals surface area contributed by atoms with Crippen LogP contribution in [0.1, 0.15) is 36.7 Å². The van der Waals surface area contributed by atoms with Crippen molar-refractivity contribution in [3.8, 4) is 0 Å². The second-order valence-electron chi connectivity index (χ2n) is 3.86. The van der Waals surface area contributed by atoms with Crippen LogP contribution in [0.4, 0.5) is 0 Å². The molecule has 3 heteroatoms. The Hall–Kier alpha value is -1.28. The van der Waals surface area contributed by atoms with Gasteiger partial charge in [-0.25, -0.2) is 4.79 Å². The Balaban J connectivity index is 2.99. The molecule has 2 nitrogen and oxygen atoms in total. The van der Waals surface area contributed by atoms with Crippen molar-refractivity contribution < 1.29 is 9.53 Å². The molecule has 0 fully saturated rings. The molecule has 86 valence electrons. The van der Waals surface area contributed by atoms with Crippen molar-refractivity contribution in [2.45, 2.75) is 27.7 Å². The number of rotatable bonds is 2. The van der Waals surface area contributed by atoms with Crippen LogP contribution in [0.2, 0.25) is 5.02 Å². The molecule has 0 aliphatic rings. The maximum atomic E-state index is 11.8. The first-order chi connectivity index (χ1) is 7.43. The van der Waals surface area contributed by atoms with Gasteiger partial charge in [-0.15, -0.1) is 0 Å². The molecule has 1 aromatic carbocycles. The van der Waals surface area contributed by atoms with Crippen molar-refractivity contribution >= 4 is 17.6 Å². The molecule has 0 radical (unpaired) electrons. The van der Waals surface area contributed by atoms with Gasteiger partial charge in [-0.3, -0.25) is 0 Å². The number of benzene rings is 1. The lowest BCUT2D eigenvalue weighted by atomic mass is 10.1. The second-order valence-corrected chi connectivity index (χ2v) is 4.27. The number of hydrogen-bond acceptors (Lipinski definition) is 2. The zero-order chi connectivity index (χ0) is 12.3. The third-order valence-electron chi connectivity index (χ3n) is 2.44. The fourth-order valence-electron chi connectivity index (χ4n) is 1.12. The van der Waals surface area contributed by atoms with Crippen molar-refractivity contribution in [2.24, 2.45) is 0 Å². The normalized spacial score (nSPS) is 9.81. The van der Waals surface area contributed by atoms with E-state index in [2.05, 4.69) is 0 Å². The first-order valence-electron chi connectivity index (χ1n) is 5.05. The Kier molecular flexibility index (Phi) is 4.13. The van der Waals surface area contributed by atoms with Crippen LogP contribution in [0.25, 0.3) is 0 Å². The molecule has 0 bridgehead atoms. The number of carbonyl (C=O) groups is 1. The maximum absolute atomic E-state index is 11.8. The molecule has 16 heavy (non-hydrogen) atoms. The summed E-state index contributed by atoms with van der Waals surface area (Å²) in [6.07, 6.45) is 0. The van der Waals surface area contributed by atoms with Crippen molar-refractivity contribution in [3.05, 3.63) is 45.7 Å². The van der Waals surface area contributed by atoms with Crippen molar-refractivity contribution in [1.29, 1.82) is 0 Å². The van der Waals surface area contributed by atoms with E-state index >= 15 is 0 Å². The molecule has 0 N–H and O–H groups in total. The highest BCUT2D eigenvalue weighted by molar-refractivity contribution is 6.31. The molecule has 0 saturated heterocycles. The molecule has 0 atom stereocenters. The van der Waals surface area contributed by atoms with E-state index in [1.54, 1.807) is 32.0 Å². The lowest BCUT2D eigenvalue weighted by Gasteiger charge is -2.09. The highest BCUT2D eigenvalue weighted by Gasteiger charge is 2.13. The average Bonchev–Trinajstić information content (AvgIpc) is 2.21. The number of halogens is 1. The minimum atomic E-state index is -0.362. The van der Waals surface area contributed by atoms with E-state index in [0.717, 1.165) is 11.1 Å². The molecule has 0 heterocycles.